The van der Waals surface area contributed by atoms with E-state index in [-0.39, 0.29) is 11.9 Å². The molecule has 0 spiro atoms. The lowest BCUT2D eigenvalue weighted by Crippen LogP contribution is -2.24. The SMILES string of the molecule is CCCNC(c1ccc(F)cc1C)c1ccc(Br)cc1Br. The highest BCUT2D eigenvalue weighted by atomic mass is 79.9. The maximum Gasteiger partial charge on any atom is 0.123 e. The second kappa shape index (κ2) is 7.52. The summed E-state index contributed by atoms with van der Waals surface area (Å²) in [5.41, 5.74) is 3.22. The highest BCUT2D eigenvalue weighted by Crippen LogP contribution is 2.32. The summed E-state index contributed by atoms with van der Waals surface area (Å²) in [7, 11) is 0. The van der Waals surface area contributed by atoms with Crippen LogP contribution in [0.4, 0.5) is 4.39 Å². The number of nitrogens with one attached hydrogen (secondary N) is 1. The maximum atomic E-state index is 13.4. The van der Waals surface area contributed by atoms with Crippen LogP contribution in [0, 0.1) is 12.7 Å². The van der Waals surface area contributed by atoms with Crippen molar-refractivity contribution in [1.82, 2.24) is 5.32 Å². The zero-order valence-electron chi connectivity index (χ0n) is 12.1. The van der Waals surface area contributed by atoms with E-state index in [2.05, 4.69) is 50.2 Å². The molecular weight excluding hydrogens is 397 g/mol. The van der Waals surface area contributed by atoms with Gasteiger partial charge in [-0.3, -0.25) is 0 Å². The summed E-state index contributed by atoms with van der Waals surface area (Å²) < 4.78 is 15.4. The molecule has 1 unspecified atom stereocenters. The highest BCUT2D eigenvalue weighted by Gasteiger charge is 2.18. The Morgan fingerprint density at radius 2 is 1.81 bits per heavy atom. The van der Waals surface area contributed by atoms with Crippen LogP contribution in [0.2, 0.25) is 0 Å². The van der Waals surface area contributed by atoms with Gasteiger partial charge >= 0.3 is 0 Å². The normalized spacial score (nSPS) is 12.4. The molecule has 0 saturated carbocycles. The molecule has 4 heteroatoms. The second-order valence-corrected chi connectivity index (χ2v) is 6.82. The Balaban J connectivity index is 2.46. The Kier molecular flexibility index (Phi) is 5.97. The molecule has 0 heterocycles. The summed E-state index contributed by atoms with van der Waals surface area (Å²) in [4.78, 5) is 0. The molecule has 112 valence electrons. The van der Waals surface area contributed by atoms with Gasteiger partial charge in [0.05, 0.1) is 6.04 Å². The number of rotatable bonds is 5. The third-order valence-corrected chi connectivity index (χ3v) is 4.59. The van der Waals surface area contributed by atoms with Crippen molar-refractivity contribution >= 4 is 31.9 Å². The maximum absolute atomic E-state index is 13.4. The van der Waals surface area contributed by atoms with Gasteiger partial charge in [0, 0.05) is 8.95 Å². The Morgan fingerprint density at radius 1 is 1.10 bits per heavy atom. The number of hydrogen-bond donors (Lipinski definition) is 1. The first-order valence-corrected chi connectivity index (χ1v) is 8.56. The molecular formula is C17H18Br2FN. The van der Waals surface area contributed by atoms with Crippen LogP contribution in [-0.2, 0) is 0 Å². The van der Waals surface area contributed by atoms with E-state index in [0.29, 0.717) is 0 Å². The number of benzene rings is 2. The molecule has 0 amide bonds. The Bertz CT molecular complexity index is 577. The van der Waals surface area contributed by atoms with Gasteiger partial charge in [0.15, 0.2) is 0 Å². The fourth-order valence-corrected chi connectivity index (χ4v) is 3.65. The summed E-state index contributed by atoms with van der Waals surface area (Å²) in [6, 6.07) is 11.2. The van der Waals surface area contributed by atoms with Gasteiger partial charge in [0.1, 0.15) is 5.82 Å². The third kappa shape index (κ3) is 4.15. The molecule has 2 aromatic carbocycles. The van der Waals surface area contributed by atoms with E-state index < -0.39 is 0 Å². The van der Waals surface area contributed by atoms with Crippen LogP contribution < -0.4 is 5.32 Å². The summed E-state index contributed by atoms with van der Waals surface area (Å²) in [6.07, 6.45) is 1.05. The largest absolute Gasteiger partial charge is 0.306 e. The molecule has 0 bridgehead atoms. The van der Waals surface area contributed by atoms with E-state index >= 15 is 0 Å². The molecule has 0 aliphatic carbocycles. The molecule has 21 heavy (non-hydrogen) atoms. The second-order valence-electron chi connectivity index (χ2n) is 5.05. The molecule has 0 fully saturated rings. The zero-order chi connectivity index (χ0) is 15.4. The van der Waals surface area contributed by atoms with Crippen molar-refractivity contribution < 1.29 is 4.39 Å². The Labute approximate surface area is 142 Å². The lowest BCUT2D eigenvalue weighted by molar-refractivity contribution is 0.588. The van der Waals surface area contributed by atoms with Gasteiger partial charge in [-0.05, 0) is 60.8 Å². The van der Waals surface area contributed by atoms with Crippen molar-refractivity contribution in [3.8, 4) is 0 Å². The average Bonchev–Trinajstić information content (AvgIpc) is 2.42. The van der Waals surface area contributed by atoms with Crippen molar-refractivity contribution in [3.05, 3.63) is 67.9 Å². The van der Waals surface area contributed by atoms with E-state index in [1.165, 1.54) is 6.07 Å². The van der Waals surface area contributed by atoms with Crippen LogP contribution in [0.15, 0.2) is 45.3 Å². The lowest BCUT2D eigenvalue weighted by Gasteiger charge is -2.23. The van der Waals surface area contributed by atoms with Gasteiger partial charge in [-0.1, -0.05) is 50.9 Å². The first-order chi connectivity index (χ1) is 10.0. The van der Waals surface area contributed by atoms with Crippen molar-refractivity contribution in [1.29, 1.82) is 0 Å². The highest BCUT2D eigenvalue weighted by molar-refractivity contribution is 9.11. The van der Waals surface area contributed by atoms with Crippen LogP contribution in [0.5, 0.6) is 0 Å². The average molecular weight is 415 g/mol. The van der Waals surface area contributed by atoms with Gasteiger partial charge in [0.25, 0.3) is 0 Å². The fourth-order valence-electron chi connectivity index (χ4n) is 2.37. The smallest absolute Gasteiger partial charge is 0.123 e. The lowest BCUT2D eigenvalue weighted by atomic mass is 9.95. The molecule has 1 N–H and O–H groups in total. The number of hydrogen-bond acceptors (Lipinski definition) is 1. The molecule has 1 nitrogen and oxygen atoms in total. The van der Waals surface area contributed by atoms with Crippen molar-refractivity contribution in [3.63, 3.8) is 0 Å². The van der Waals surface area contributed by atoms with Crippen LogP contribution in [-0.4, -0.2) is 6.54 Å². The molecule has 0 aliphatic rings. The van der Waals surface area contributed by atoms with Crippen LogP contribution in [0.1, 0.15) is 36.1 Å². The first-order valence-electron chi connectivity index (χ1n) is 6.97. The minimum atomic E-state index is -0.194. The minimum absolute atomic E-state index is 0.0491. The van der Waals surface area contributed by atoms with Gasteiger partial charge in [-0.25, -0.2) is 4.39 Å². The number of aryl methyl sites for hydroxylation is 1. The molecule has 0 aliphatic heterocycles. The van der Waals surface area contributed by atoms with Crippen molar-refractivity contribution in [2.75, 3.05) is 6.54 Å². The van der Waals surface area contributed by atoms with E-state index in [0.717, 1.165) is 38.6 Å². The monoisotopic (exact) mass is 413 g/mol. The topological polar surface area (TPSA) is 12.0 Å². The Morgan fingerprint density at radius 3 is 2.43 bits per heavy atom. The first kappa shape index (κ1) is 16.7. The Hall–Kier alpha value is -0.710. The van der Waals surface area contributed by atoms with E-state index in [4.69, 9.17) is 0 Å². The zero-order valence-corrected chi connectivity index (χ0v) is 15.3. The summed E-state index contributed by atoms with van der Waals surface area (Å²) in [5, 5.41) is 3.55. The van der Waals surface area contributed by atoms with Gasteiger partial charge in [0.2, 0.25) is 0 Å². The molecule has 1 atom stereocenters. The van der Waals surface area contributed by atoms with E-state index in [9.17, 15) is 4.39 Å². The number of halogens is 3. The van der Waals surface area contributed by atoms with E-state index in [1.54, 1.807) is 6.07 Å². The fraction of sp³-hybridized carbons (Fsp3) is 0.294. The van der Waals surface area contributed by atoms with Crippen molar-refractivity contribution in [2.45, 2.75) is 26.3 Å². The van der Waals surface area contributed by atoms with Crippen LogP contribution in [0.3, 0.4) is 0 Å². The van der Waals surface area contributed by atoms with Crippen molar-refractivity contribution in [2.24, 2.45) is 0 Å². The van der Waals surface area contributed by atoms with Gasteiger partial charge in [-0.15, -0.1) is 0 Å². The van der Waals surface area contributed by atoms with Crippen LogP contribution >= 0.6 is 31.9 Å². The van der Waals surface area contributed by atoms with Crippen LogP contribution in [0.25, 0.3) is 0 Å². The quantitative estimate of drug-likeness (QED) is 0.656. The molecule has 2 aromatic rings. The van der Waals surface area contributed by atoms with E-state index in [1.807, 2.05) is 25.1 Å². The molecule has 0 saturated heterocycles. The van der Waals surface area contributed by atoms with Gasteiger partial charge in [-0.2, -0.15) is 0 Å². The van der Waals surface area contributed by atoms with Gasteiger partial charge < -0.3 is 5.32 Å². The third-order valence-electron chi connectivity index (χ3n) is 3.41. The molecule has 0 aromatic heterocycles. The molecule has 2 rings (SSSR count). The summed E-state index contributed by atoms with van der Waals surface area (Å²) in [5.74, 6) is -0.194. The molecule has 0 radical (unpaired) electrons. The summed E-state index contributed by atoms with van der Waals surface area (Å²) >= 11 is 7.11. The standard InChI is InChI=1S/C17H18Br2FN/c1-3-8-21-17(14-7-5-13(20)9-11(14)2)15-6-4-12(18)10-16(15)19/h4-7,9-10,17,21H,3,8H2,1-2H3. The predicted molar refractivity (Wildman–Crippen MR) is 93.1 cm³/mol. The minimum Gasteiger partial charge on any atom is -0.306 e. The predicted octanol–water partition coefficient (Wildman–Crippen LogP) is 5.75. The summed E-state index contributed by atoms with van der Waals surface area (Å²) in [6.45, 7) is 4.99.